The van der Waals surface area contributed by atoms with Crippen molar-refractivity contribution in [3.63, 3.8) is 0 Å². The standard InChI is InChI=1S/C12H15NO3S/c13-10-7-8(12(14)15)1-2-11(10)17-9-3-5-16-6-4-9/h1-2,7,9H,3-6,13H2,(H,14,15). The number of aromatic carboxylic acids is 1. The molecule has 0 unspecified atom stereocenters. The van der Waals surface area contributed by atoms with Crippen molar-refractivity contribution in [1.82, 2.24) is 0 Å². The first-order chi connectivity index (χ1) is 8.16. The van der Waals surface area contributed by atoms with E-state index in [0.717, 1.165) is 31.0 Å². The van der Waals surface area contributed by atoms with Crippen LogP contribution in [0, 0.1) is 0 Å². The Labute approximate surface area is 104 Å². The van der Waals surface area contributed by atoms with E-state index in [1.54, 1.807) is 23.9 Å². The summed E-state index contributed by atoms with van der Waals surface area (Å²) in [5.74, 6) is -0.945. The van der Waals surface area contributed by atoms with Gasteiger partial charge in [-0.2, -0.15) is 0 Å². The number of carbonyl (C=O) groups is 1. The van der Waals surface area contributed by atoms with Gasteiger partial charge < -0.3 is 15.6 Å². The van der Waals surface area contributed by atoms with Crippen molar-refractivity contribution in [3.05, 3.63) is 23.8 Å². The number of nitrogen functional groups attached to an aromatic ring is 1. The van der Waals surface area contributed by atoms with Crippen LogP contribution in [-0.4, -0.2) is 29.5 Å². The Hall–Kier alpha value is -1.20. The Morgan fingerprint density at radius 3 is 2.71 bits per heavy atom. The molecule has 1 fully saturated rings. The summed E-state index contributed by atoms with van der Waals surface area (Å²) in [7, 11) is 0. The highest BCUT2D eigenvalue weighted by molar-refractivity contribution is 8.00. The SMILES string of the molecule is Nc1cc(C(=O)O)ccc1SC1CCOCC1. The van der Waals surface area contributed by atoms with Crippen LogP contribution < -0.4 is 5.73 Å². The number of nitrogens with two attached hydrogens (primary N) is 1. The molecule has 17 heavy (non-hydrogen) atoms. The molecule has 92 valence electrons. The summed E-state index contributed by atoms with van der Waals surface area (Å²) < 4.78 is 5.30. The van der Waals surface area contributed by atoms with E-state index in [9.17, 15) is 4.79 Å². The van der Waals surface area contributed by atoms with Crippen LogP contribution in [0.25, 0.3) is 0 Å². The number of hydrogen-bond acceptors (Lipinski definition) is 4. The average Bonchev–Trinajstić information content (AvgIpc) is 2.33. The van der Waals surface area contributed by atoms with Crippen molar-refractivity contribution < 1.29 is 14.6 Å². The fourth-order valence-corrected chi connectivity index (χ4v) is 2.89. The smallest absolute Gasteiger partial charge is 0.335 e. The molecule has 0 aromatic heterocycles. The molecule has 3 N–H and O–H groups in total. The van der Waals surface area contributed by atoms with Gasteiger partial charge in [0.25, 0.3) is 0 Å². The molecule has 0 radical (unpaired) electrons. The first-order valence-electron chi connectivity index (χ1n) is 5.54. The molecule has 0 saturated carbocycles. The fraction of sp³-hybridized carbons (Fsp3) is 0.417. The molecule has 1 aromatic carbocycles. The molecular weight excluding hydrogens is 238 g/mol. The molecule has 1 saturated heterocycles. The highest BCUT2D eigenvalue weighted by atomic mass is 32.2. The van der Waals surface area contributed by atoms with E-state index in [1.165, 1.54) is 6.07 Å². The van der Waals surface area contributed by atoms with Gasteiger partial charge in [0.15, 0.2) is 0 Å². The van der Waals surface area contributed by atoms with Crippen molar-refractivity contribution in [2.45, 2.75) is 23.0 Å². The highest BCUT2D eigenvalue weighted by Crippen LogP contribution is 2.33. The molecule has 0 spiro atoms. The third-order valence-corrected chi connectivity index (χ3v) is 4.15. The van der Waals surface area contributed by atoms with Crippen molar-refractivity contribution in [3.8, 4) is 0 Å². The van der Waals surface area contributed by atoms with Gasteiger partial charge in [0.05, 0.1) is 5.56 Å². The minimum atomic E-state index is -0.945. The third-order valence-electron chi connectivity index (χ3n) is 2.72. The number of hydrogen-bond donors (Lipinski definition) is 2. The molecule has 1 aliphatic heterocycles. The van der Waals surface area contributed by atoms with Gasteiger partial charge in [0.1, 0.15) is 0 Å². The second-order valence-electron chi connectivity index (χ2n) is 3.99. The fourth-order valence-electron chi connectivity index (χ4n) is 1.76. The van der Waals surface area contributed by atoms with Gasteiger partial charge in [-0.25, -0.2) is 4.79 Å². The largest absolute Gasteiger partial charge is 0.478 e. The van der Waals surface area contributed by atoms with Crippen molar-refractivity contribution in [1.29, 1.82) is 0 Å². The van der Waals surface area contributed by atoms with Crippen LogP contribution in [0.5, 0.6) is 0 Å². The third kappa shape index (κ3) is 3.14. The van der Waals surface area contributed by atoms with Crippen molar-refractivity contribution >= 4 is 23.4 Å². The summed E-state index contributed by atoms with van der Waals surface area (Å²) in [5, 5.41) is 9.36. The van der Waals surface area contributed by atoms with E-state index < -0.39 is 5.97 Å². The molecule has 1 heterocycles. The summed E-state index contributed by atoms with van der Waals surface area (Å²) >= 11 is 1.71. The molecule has 1 aromatic rings. The maximum absolute atomic E-state index is 10.8. The molecule has 4 nitrogen and oxygen atoms in total. The zero-order valence-corrected chi connectivity index (χ0v) is 10.2. The Bertz CT molecular complexity index is 416. The van der Waals surface area contributed by atoms with Gasteiger partial charge in [-0.15, -0.1) is 11.8 Å². The van der Waals surface area contributed by atoms with Gasteiger partial charge >= 0.3 is 5.97 Å². The van der Waals surface area contributed by atoms with Gasteiger partial charge in [-0.05, 0) is 31.0 Å². The summed E-state index contributed by atoms with van der Waals surface area (Å²) in [4.78, 5) is 11.7. The number of thioether (sulfide) groups is 1. The second kappa shape index (κ2) is 5.42. The molecule has 0 aliphatic carbocycles. The Balaban J connectivity index is 2.08. The average molecular weight is 253 g/mol. The molecular formula is C12H15NO3S. The molecule has 2 rings (SSSR count). The number of benzene rings is 1. The number of rotatable bonds is 3. The summed E-state index contributed by atoms with van der Waals surface area (Å²) in [6.45, 7) is 1.59. The van der Waals surface area contributed by atoms with Crippen molar-refractivity contribution in [2.24, 2.45) is 0 Å². The topological polar surface area (TPSA) is 72.6 Å². The van der Waals surface area contributed by atoms with Crippen LogP contribution in [0.1, 0.15) is 23.2 Å². The lowest BCUT2D eigenvalue weighted by atomic mass is 10.2. The molecule has 5 heteroatoms. The number of ether oxygens (including phenoxy) is 1. The van der Waals surface area contributed by atoms with E-state index in [4.69, 9.17) is 15.6 Å². The lowest BCUT2D eigenvalue weighted by Gasteiger charge is -2.22. The van der Waals surface area contributed by atoms with Crippen molar-refractivity contribution in [2.75, 3.05) is 18.9 Å². The predicted octanol–water partition coefficient (Wildman–Crippen LogP) is 2.24. The highest BCUT2D eigenvalue weighted by Gasteiger charge is 2.16. The normalized spacial score (nSPS) is 16.9. The minimum Gasteiger partial charge on any atom is -0.478 e. The molecule has 1 aliphatic rings. The van der Waals surface area contributed by atoms with Gasteiger partial charge in [0, 0.05) is 29.0 Å². The zero-order chi connectivity index (χ0) is 12.3. The zero-order valence-electron chi connectivity index (χ0n) is 9.39. The quantitative estimate of drug-likeness (QED) is 0.808. The van der Waals surface area contributed by atoms with Gasteiger partial charge in [0.2, 0.25) is 0 Å². The van der Waals surface area contributed by atoms with Crippen LogP contribution in [0.4, 0.5) is 5.69 Å². The lowest BCUT2D eigenvalue weighted by molar-refractivity contribution is 0.0697. The van der Waals surface area contributed by atoms with Crippen LogP contribution >= 0.6 is 11.8 Å². The molecule has 0 bridgehead atoms. The monoisotopic (exact) mass is 253 g/mol. The predicted molar refractivity (Wildman–Crippen MR) is 67.5 cm³/mol. The van der Waals surface area contributed by atoms with Crippen LogP contribution in [0.15, 0.2) is 23.1 Å². The van der Waals surface area contributed by atoms with E-state index in [-0.39, 0.29) is 5.56 Å². The summed E-state index contributed by atoms with van der Waals surface area (Å²) in [6.07, 6.45) is 2.04. The molecule has 0 atom stereocenters. The minimum absolute atomic E-state index is 0.235. The van der Waals surface area contributed by atoms with Crippen LogP contribution in [0.2, 0.25) is 0 Å². The van der Waals surface area contributed by atoms with E-state index in [0.29, 0.717) is 10.9 Å². The summed E-state index contributed by atoms with van der Waals surface area (Å²) in [5.41, 5.74) is 6.64. The first-order valence-corrected chi connectivity index (χ1v) is 6.42. The Morgan fingerprint density at radius 1 is 1.41 bits per heavy atom. The second-order valence-corrected chi connectivity index (χ2v) is 5.33. The van der Waals surface area contributed by atoms with Crippen LogP contribution in [-0.2, 0) is 4.74 Å². The Kier molecular flexibility index (Phi) is 3.91. The lowest BCUT2D eigenvalue weighted by Crippen LogP contribution is -2.17. The maximum atomic E-state index is 10.8. The van der Waals surface area contributed by atoms with E-state index in [2.05, 4.69) is 0 Å². The van der Waals surface area contributed by atoms with Crippen LogP contribution in [0.3, 0.4) is 0 Å². The van der Waals surface area contributed by atoms with E-state index in [1.807, 2.05) is 0 Å². The first kappa shape index (κ1) is 12.3. The number of carboxylic acids is 1. The number of carboxylic acid groups (broad SMARTS) is 1. The number of anilines is 1. The van der Waals surface area contributed by atoms with Gasteiger partial charge in [-0.1, -0.05) is 0 Å². The van der Waals surface area contributed by atoms with E-state index >= 15 is 0 Å². The Morgan fingerprint density at radius 2 is 2.12 bits per heavy atom. The molecule has 0 amide bonds. The maximum Gasteiger partial charge on any atom is 0.335 e. The van der Waals surface area contributed by atoms with Gasteiger partial charge in [-0.3, -0.25) is 0 Å². The summed E-state index contributed by atoms with van der Waals surface area (Å²) in [6, 6.07) is 4.91.